The first-order valence-electron chi connectivity index (χ1n) is 9.83. The Kier molecular flexibility index (Phi) is 3.50. The predicted octanol–water partition coefficient (Wildman–Crippen LogP) is 7.00. The van der Waals surface area contributed by atoms with Crippen molar-refractivity contribution in [1.82, 2.24) is 9.55 Å². The van der Waals surface area contributed by atoms with E-state index in [-0.39, 0.29) is 0 Å². The van der Waals surface area contributed by atoms with Crippen molar-refractivity contribution in [3.8, 4) is 16.9 Å². The van der Waals surface area contributed by atoms with Crippen LogP contribution in [0.1, 0.15) is 0 Å². The van der Waals surface area contributed by atoms with E-state index in [0.717, 1.165) is 27.8 Å². The lowest BCUT2D eigenvalue weighted by Crippen LogP contribution is -1.94. The smallest absolute Gasteiger partial charge is 0.0710 e. The molecule has 2 heterocycles. The Morgan fingerprint density at radius 3 is 2.03 bits per heavy atom. The van der Waals surface area contributed by atoms with Gasteiger partial charge < -0.3 is 4.57 Å². The normalized spacial score (nSPS) is 11.4. The molecule has 0 aliphatic rings. The van der Waals surface area contributed by atoms with Gasteiger partial charge in [-0.25, -0.2) is 4.98 Å². The van der Waals surface area contributed by atoms with Crippen LogP contribution in [0.4, 0.5) is 0 Å². The van der Waals surface area contributed by atoms with E-state index in [1.165, 1.54) is 21.8 Å². The summed E-state index contributed by atoms with van der Waals surface area (Å²) in [6.45, 7) is 0. The van der Waals surface area contributed by atoms with Crippen molar-refractivity contribution in [1.29, 1.82) is 0 Å². The summed E-state index contributed by atoms with van der Waals surface area (Å²) in [4.78, 5) is 4.88. The molecule has 29 heavy (non-hydrogen) atoms. The summed E-state index contributed by atoms with van der Waals surface area (Å²) in [7, 11) is 0. The summed E-state index contributed by atoms with van der Waals surface area (Å²) in [5, 5.41) is 3.71. The molecule has 6 rings (SSSR count). The third-order valence-corrected chi connectivity index (χ3v) is 5.58. The van der Waals surface area contributed by atoms with Gasteiger partial charge in [0.25, 0.3) is 0 Å². The number of benzene rings is 4. The van der Waals surface area contributed by atoms with E-state index < -0.39 is 0 Å². The molecule has 0 amide bonds. The van der Waals surface area contributed by atoms with E-state index in [1.807, 2.05) is 12.1 Å². The highest BCUT2D eigenvalue weighted by atomic mass is 15.0. The largest absolute Gasteiger partial charge is 0.309 e. The van der Waals surface area contributed by atoms with Crippen LogP contribution in [0.2, 0.25) is 0 Å². The number of nitrogens with zero attached hydrogens (tertiary/aromatic N) is 2. The Balaban J connectivity index is 1.59. The molecule has 2 heteroatoms. The van der Waals surface area contributed by atoms with Crippen LogP contribution in [0.5, 0.6) is 0 Å². The quantitative estimate of drug-likeness (QED) is 0.321. The third kappa shape index (κ3) is 2.54. The zero-order chi connectivity index (χ0) is 19.2. The Morgan fingerprint density at radius 1 is 0.552 bits per heavy atom. The second-order valence-corrected chi connectivity index (χ2v) is 7.31. The lowest BCUT2D eigenvalue weighted by atomic mass is 10.1. The first kappa shape index (κ1) is 16.1. The van der Waals surface area contributed by atoms with E-state index in [2.05, 4.69) is 102 Å². The standard InChI is InChI=1S/C27H18N2/c1-4-13-24-19(8-1)16-17-25(28-24)20-9-7-10-21(18-20)29-26-14-5-2-11-22(26)23-12-3-6-15-27(23)29/h1-18H. The van der Waals surface area contributed by atoms with Crippen LogP contribution >= 0.6 is 0 Å². The highest BCUT2D eigenvalue weighted by Gasteiger charge is 2.12. The lowest BCUT2D eigenvalue weighted by molar-refractivity contribution is 1.18. The van der Waals surface area contributed by atoms with Crippen molar-refractivity contribution in [2.75, 3.05) is 0 Å². The van der Waals surface area contributed by atoms with Crippen LogP contribution < -0.4 is 0 Å². The minimum Gasteiger partial charge on any atom is -0.309 e. The van der Waals surface area contributed by atoms with Crippen LogP contribution in [-0.4, -0.2) is 9.55 Å². The Hall–Kier alpha value is -3.91. The maximum absolute atomic E-state index is 4.88. The fourth-order valence-corrected chi connectivity index (χ4v) is 4.23. The first-order chi connectivity index (χ1) is 14.4. The Labute approximate surface area is 168 Å². The molecule has 136 valence electrons. The zero-order valence-electron chi connectivity index (χ0n) is 15.8. The van der Waals surface area contributed by atoms with Gasteiger partial charge in [-0.2, -0.15) is 0 Å². The molecule has 0 unspecified atom stereocenters. The fourth-order valence-electron chi connectivity index (χ4n) is 4.23. The number of rotatable bonds is 2. The molecule has 0 spiro atoms. The monoisotopic (exact) mass is 370 g/mol. The van der Waals surface area contributed by atoms with Gasteiger partial charge in [-0.1, -0.05) is 72.8 Å². The summed E-state index contributed by atoms with van der Waals surface area (Å²) in [6, 6.07) is 38.3. The van der Waals surface area contributed by atoms with Gasteiger partial charge in [-0.15, -0.1) is 0 Å². The molecule has 0 N–H and O–H groups in total. The summed E-state index contributed by atoms with van der Waals surface area (Å²) < 4.78 is 2.34. The van der Waals surface area contributed by atoms with Crippen LogP contribution in [-0.2, 0) is 0 Å². The summed E-state index contributed by atoms with van der Waals surface area (Å²) >= 11 is 0. The maximum atomic E-state index is 4.88. The van der Waals surface area contributed by atoms with Crippen LogP contribution in [0.15, 0.2) is 109 Å². The van der Waals surface area contributed by atoms with Gasteiger partial charge in [0.2, 0.25) is 0 Å². The SMILES string of the molecule is c1cc(-c2ccc3ccccc3n2)cc(-n2c3ccccc3c3ccccc32)c1. The molecule has 2 nitrogen and oxygen atoms in total. The van der Waals surface area contributed by atoms with Gasteiger partial charge in [-0.3, -0.25) is 0 Å². The van der Waals surface area contributed by atoms with Gasteiger partial charge in [-0.05, 0) is 36.4 Å². The minimum absolute atomic E-state index is 0.992. The summed E-state index contributed by atoms with van der Waals surface area (Å²) in [5.74, 6) is 0. The molecular formula is C27H18N2. The molecular weight excluding hydrogens is 352 g/mol. The van der Waals surface area contributed by atoms with Crippen LogP contribution in [0.3, 0.4) is 0 Å². The van der Waals surface area contributed by atoms with Crippen molar-refractivity contribution >= 4 is 32.7 Å². The molecule has 0 saturated carbocycles. The van der Waals surface area contributed by atoms with Gasteiger partial charge in [0.05, 0.1) is 22.2 Å². The molecule has 0 fully saturated rings. The molecule has 0 saturated heterocycles. The van der Waals surface area contributed by atoms with E-state index in [0.29, 0.717) is 0 Å². The van der Waals surface area contributed by atoms with Gasteiger partial charge in [0.1, 0.15) is 0 Å². The van der Waals surface area contributed by atoms with Crippen LogP contribution in [0.25, 0.3) is 49.7 Å². The molecule has 0 atom stereocenters. The van der Waals surface area contributed by atoms with E-state index in [9.17, 15) is 0 Å². The van der Waals surface area contributed by atoms with Crippen molar-refractivity contribution in [3.05, 3.63) is 109 Å². The van der Waals surface area contributed by atoms with Crippen molar-refractivity contribution < 1.29 is 0 Å². The average molecular weight is 370 g/mol. The van der Waals surface area contributed by atoms with Crippen LogP contribution in [0, 0.1) is 0 Å². The fraction of sp³-hybridized carbons (Fsp3) is 0. The van der Waals surface area contributed by atoms with Gasteiger partial charge in [0.15, 0.2) is 0 Å². The summed E-state index contributed by atoms with van der Waals surface area (Å²) in [6.07, 6.45) is 0. The van der Waals surface area contributed by atoms with Gasteiger partial charge in [0, 0.05) is 27.4 Å². The zero-order valence-corrected chi connectivity index (χ0v) is 15.8. The number of hydrogen-bond donors (Lipinski definition) is 0. The maximum Gasteiger partial charge on any atom is 0.0710 e. The average Bonchev–Trinajstić information content (AvgIpc) is 3.13. The van der Waals surface area contributed by atoms with E-state index in [4.69, 9.17) is 4.98 Å². The molecule has 0 aliphatic heterocycles. The number of aromatic nitrogens is 2. The van der Waals surface area contributed by atoms with Crippen molar-refractivity contribution in [2.24, 2.45) is 0 Å². The number of pyridine rings is 1. The van der Waals surface area contributed by atoms with Gasteiger partial charge >= 0.3 is 0 Å². The minimum atomic E-state index is 0.992. The third-order valence-electron chi connectivity index (χ3n) is 5.58. The lowest BCUT2D eigenvalue weighted by Gasteiger charge is -2.10. The topological polar surface area (TPSA) is 17.8 Å². The Morgan fingerprint density at radius 2 is 1.24 bits per heavy atom. The molecule has 0 radical (unpaired) electrons. The molecule has 0 bridgehead atoms. The molecule has 6 aromatic rings. The van der Waals surface area contributed by atoms with E-state index in [1.54, 1.807) is 0 Å². The predicted molar refractivity (Wildman–Crippen MR) is 122 cm³/mol. The van der Waals surface area contributed by atoms with Crippen molar-refractivity contribution in [3.63, 3.8) is 0 Å². The molecule has 4 aromatic carbocycles. The first-order valence-corrected chi connectivity index (χ1v) is 9.83. The molecule has 0 aliphatic carbocycles. The highest BCUT2D eigenvalue weighted by molar-refractivity contribution is 6.09. The number of para-hydroxylation sites is 3. The Bertz CT molecular complexity index is 1450. The summed E-state index contributed by atoms with van der Waals surface area (Å²) in [5.41, 5.74) is 6.72. The second-order valence-electron chi connectivity index (χ2n) is 7.31. The second kappa shape index (κ2) is 6.32. The van der Waals surface area contributed by atoms with E-state index >= 15 is 0 Å². The number of fused-ring (bicyclic) bond motifs is 4. The highest BCUT2D eigenvalue weighted by Crippen LogP contribution is 2.33. The van der Waals surface area contributed by atoms with Crippen molar-refractivity contribution in [2.45, 2.75) is 0 Å². The number of hydrogen-bond acceptors (Lipinski definition) is 1. The molecule has 2 aromatic heterocycles.